The summed E-state index contributed by atoms with van der Waals surface area (Å²) < 4.78 is 2.42. The van der Waals surface area contributed by atoms with Crippen molar-refractivity contribution in [3.05, 3.63) is 193 Å². The van der Waals surface area contributed by atoms with Gasteiger partial charge in [0.25, 0.3) is 0 Å². The summed E-state index contributed by atoms with van der Waals surface area (Å²) in [4.78, 5) is 5.31. The molecular formula is C47H35N3. The molecule has 0 aliphatic heterocycles. The lowest BCUT2D eigenvalue weighted by molar-refractivity contribution is 1.06. The largest absolute Gasteiger partial charge is 0.388 e. The van der Waals surface area contributed by atoms with Crippen LogP contribution in [0.2, 0.25) is 0 Å². The number of nitrogens with zero attached hydrogens (tertiary/aromatic N) is 2. The summed E-state index contributed by atoms with van der Waals surface area (Å²) in [7, 11) is 1.97. The van der Waals surface area contributed by atoms with Crippen LogP contribution in [-0.4, -0.2) is 17.3 Å². The van der Waals surface area contributed by atoms with E-state index in [9.17, 15) is 0 Å². The van der Waals surface area contributed by atoms with Gasteiger partial charge in [0.2, 0.25) is 0 Å². The molecule has 50 heavy (non-hydrogen) atoms. The van der Waals surface area contributed by atoms with E-state index in [1.54, 1.807) is 0 Å². The van der Waals surface area contributed by atoms with E-state index in [1.165, 1.54) is 54.5 Å². The number of nitrogens with one attached hydrogen (secondary N) is 1. The first-order chi connectivity index (χ1) is 24.8. The summed E-state index contributed by atoms with van der Waals surface area (Å²) >= 11 is 0. The Bertz CT molecular complexity index is 2610. The van der Waals surface area contributed by atoms with E-state index in [4.69, 9.17) is 4.99 Å². The third-order valence-electron chi connectivity index (χ3n) is 9.85. The Morgan fingerprint density at radius 3 is 1.82 bits per heavy atom. The summed E-state index contributed by atoms with van der Waals surface area (Å²) in [6.07, 6.45) is 0. The Hall–Kier alpha value is -6.45. The Labute approximate surface area is 291 Å². The second-order valence-electron chi connectivity index (χ2n) is 12.8. The van der Waals surface area contributed by atoms with Gasteiger partial charge in [0.15, 0.2) is 0 Å². The van der Waals surface area contributed by atoms with Crippen LogP contribution in [0.4, 0.5) is 5.69 Å². The number of aliphatic imine (C=N–C) groups is 1. The predicted molar refractivity (Wildman–Crippen MR) is 213 cm³/mol. The van der Waals surface area contributed by atoms with E-state index >= 15 is 0 Å². The lowest BCUT2D eigenvalue weighted by Crippen LogP contribution is -2.08. The van der Waals surface area contributed by atoms with Gasteiger partial charge in [0, 0.05) is 40.3 Å². The van der Waals surface area contributed by atoms with Crippen molar-refractivity contribution in [2.45, 2.75) is 6.54 Å². The van der Waals surface area contributed by atoms with Gasteiger partial charge in [-0.2, -0.15) is 0 Å². The molecule has 1 heterocycles. The Morgan fingerprint density at radius 2 is 1.14 bits per heavy atom. The molecule has 0 atom stereocenters. The van der Waals surface area contributed by atoms with E-state index in [0.29, 0.717) is 6.54 Å². The molecule has 8 aromatic carbocycles. The quantitative estimate of drug-likeness (QED) is 0.172. The minimum Gasteiger partial charge on any atom is -0.388 e. The van der Waals surface area contributed by atoms with E-state index < -0.39 is 0 Å². The SMILES string of the molecule is CNc1ccccc1/C(=N\Cc1ccc(-n2c3ccc4ccccc4c3c3c4ccccc4ccc32)cc1)c1cccc(-c2ccccc2)c1. The summed E-state index contributed by atoms with van der Waals surface area (Å²) in [6.45, 7) is 0.561. The summed E-state index contributed by atoms with van der Waals surface area (Å²) in [6, 6.07) is 63.1. The number of anilines is 1. The molecule has 1 aromatic heterocycles. The molecule has 0 fully saturated rings. The molecule has 238 valence electrons. The topological polar surface area (TPSA) is 29.3 Å². The van der Waals surface area contributed by atoms with Gasteiger partial charge in [-0.25, -0.2) is 0 Å². The molecule has 0 amide bonds. The third-order valence-corrected chi connectivity index (χ3v) is 9.85. The van der Waals surface area contributed by atoms with Gasteiger partial charge in [0.1, 0.15) is 0 Å². The highest BCUT2D eigenvalue weighted by Crippen LogP contribution is 2.40. The highest BCUT2D eigenvalue weighted by atomic mass is 15.0. The first kappa shape index (κ1) is 29.7. The van der Waals surface area contributed by atoms with Crippen molar-refractivity contribution >= 4 is 54.7 Å². The maximum Gasteiger partial charge on any atom is 0.0744 e. The number of benzene rings is 8. The minimum absolute atomic E-state index is 0.561. The standard InChI is InChI=1S/C47H35N3/c1-48-42-21-10-9-20-41(42)47(37-17-11-16-36(30-37)33-12-3-2-4-13-33)49-31-32-22-26-38(27-23-32)50-43-28-24-34-14-5-7-18-39(34)45(43)46-40-19-8-6-15-35(40)25-29-44(46)50/h2-30,48H,31H2,1H3/b49-47-. The molecule has 3 nitrogen and oxygen atoms in total. The summed E-state index contributed by atoms with van der Waals surface area (Å²) in [5, 5.41) is 11.0. The normalized spacial score (nSPS) is 11.9. The number of hydrogen-bond donors (Lipinski definition) is 1. The van der Waals surface area contributed by atoms with E-state index in [2.05, 4.69) is 186 Å². The van der Waals surface area contributed by atoms with E-state index in [1.807, 2.05) is 7.05 Å². The number of rotatable bonds is 7. The zero-order valence-corrected chi connectivity index (χ0v) is 27.8. The van der Waals surface area contributed by atoms with Gasteiger partial charge in [-0.15, -0.1) is 0 Å². The molecule has 0 radical (unpaired) electrons. The average Bonchev–Trinajstić information content (AvgIpc) is 3.54. The van der Waals surface area contributed by atoms with Gasteiger partial charge in [-0.05, 0) is 74.6 Å². The fraction of sp³-hybridized carbons (Fsp3) is 0.0426. The first-order valence-corrected chi connectivity index (χ1v) is 17.2. The molecule has 9 rings (SSSR count). The van der Waals surface area contributed by atoms with Crippen molar-refractivity contribution in [3.63, 3.8) is 0 Å². The van der Waals surface area contributed by atoms with E-state index in [0.717, 1.165) is 33.8 Å². The van der Waals surface area contributed by atoms with Crippen LogP contribution in [0.1, 0.15) is 16.7 Å². The highest BCUT2D eigenvalue weighted by molar-refractivity contribution is 6.28. The molecular weight excluding hydrogens is 607 g/mol. The summed E-state index contributed by atoms with van der Waals surface area (Å²) in [5.41, 5.74) is 11.3. The van der Waals surface area contributed by atoms with Crippen LogP contribution in [0.25, 0.3) is 60.2 Å². The van der Waals surface area contributed by atoms with Crippen LogP contribution in [-0.2, 0) is 6.54 Å². The van der Waals surface area contributed by atoms with Crippen molar-refractivity contribution in [3.8, 4) is 16.8 Å². The van der Waals surface area contributed by atoms with Crippen LogP contribution in [0, 0.1) is 0 Å². The molecule has 0 aliphatic carbocycles. The Morgan fingerprint density at radius 1 is 0.540 bits per heavy atom. The van der Waals surface area contributed by atoms with Gasteiger partial charge in [-0.3, -0.25) is 4.99 Å². The van der Waals surface area contributed by atoms with Crippen molar-refractivity contribution in [2.75, 3.05) is 12.4 Å². The lowest BCUT2D eigenvalue weighted by atomic mass is 9.96. The molecule has 0 bridgehead atoms. The second kappa shape index (κ2) is 12.5. The molecule has 0 saturated carbocycles. The van der Waals surface area contributed by atoms with Crippen LogP contribution in [0.3, 0.4) is 0 Å². The number of aromatic nitrogens is 1. The maximum absolute atomic E-state index is 5.31. The monoisotopic (exact) mass is 641 g/mol. The smallest absolute Gasteiger partial charge is 0.0744 e. The Kier molecular flexibility index (Phi) is 7.44. The van der Waals surface area contributed by atoms with Crippen molar-refractivity contribution < 1.29 is 0 Å². The molecule has 0 aliphatic rings. The highest BCUT2D eigenvalue weighted by Gasteiger charge is 2.17. The number of hydrogen-bond acceptors (Lipinski definition) is 2. The summed E-state index contributed by atoms with van der Waals surface area (Å²) in [5.74, 6) is 0. The molecule has 0 spiro atoms. The minimum atomic E-state index is 0.561. The fourth-order valence-electron chi connectivity index (χ4n) is 7.46. The predicted octanol–water partition coefficient (Wildman–Crippen LogP) is 11.8. The van der Waals surface area contributed by atoms with Crippen molar-refractivity contribution in [1.29, 1.82) is 0 Å². The van der Waals surface area contributed by atoms with Crippen LogP contribution < -0.4 is 5.32 Å². The van der Waals surface area contributed by atoms with Crippen LogP contribution in [0.15, 0.2) is 181 Å². The first-order valence-electron chi connectivity index (χ1n) is 17.2. The molecule has 3 heteroatoms. The maximum atomic E-state index is 5.31. The van der Waals surface area contributed by atoms with Gasteiger partial charge in [-0.1, -0.05) is 140 Å². The van der Waals surface area contributed by atoms with Gasteiger partial charge < -0.3 is 9.88 Å². The molecule has 1 N–H and O–H groups in total. The van der Waals surface area contributed by atoms with Gasteiger partial charge >= 0.3 is 0 Å². The molecule has 0 unspecified atom stereocenters. The average molecular weight is 642 g/mol. The lowest BCUT2D eigenvalue weighted by Gasteiger charge is -2.14. The fourth-order valence-corrected chi connectivity index (χ4v) is 7.46. The molecule has 9 aromatic rings. The van der Waals surface area contributed by atoms with E-state index in [-0.39, 0.29) is 0 Å². The number of para-hydroxylation sites is 1. The zero-order valence-electron chi connectivity index (χ0n) is 27.8. The van der Waals surface area contributed by atoms with Gasteiger partial charge in [0.05, 0.1) is 23.3 Å². The van der Waals surface area contributed by atoms with Crippen molar-refractivity contribution in [1.82, 2.24) is 4.57 Å². The Balaban J connectivity index is 1.15. The second-order valence-corrected chi connectivity index (χ2v) is 12.8. The van der Waals surface area contributed by atoms with Crippen molar-refractivity contribution in [2.24, 2.45) is 4.99 Å². The number of fused-ring (bicyclic) bond motifs is 7. The van der Waals surface area contributed by atoms with Crippen LogP contribution in [0.5, 0.6) is 0 Å². The zero-order chi connectivity index (χ0) is 33.4. The molecule has 0 saturated heterocycles. The third kappa shape index (κ3) is 5.12. The van der Waals surface area contributed by atoms with Crippen LogP contribution >= 0.6 is 0 Å².